The number of benzene rings is 2. The number of hydrogen-bond acceptors (Lipinski definition) is 5. The molecule has 4 amide bonds. The Bertz CT molecular complexity index is 1070. The second-order valence-corrected chi connectivity index (χ2v) is 7.63. The highest BCUT2D eigenvalue weighted by Crippen LogP contribution is 2.27. The molecule has 0 aliphatic carbocycles. The van der Waals surface area contributed by atoms with Gasteiger partial charge in [0, 0.05) is 5.92 Å². The number of ether oxygens (including phenoxy) is 1. The van der Waals surface area contributed by atoms with E-state index in [4.69, 9.17) is 4.74 Å². The van der Waals surface area contributed by atoms with Crippen LogP contribution >= 0.6 is 0 Å². The van der Waals surface area contributed by atoms with Crippen LogP contribution in [0.4, 0.5) is 10.1 Å². The van der Waals surface area contributed by atoms with Crippen LogP contribution in [0, 0.1) is 11.7 Å². The topological polar surface area (TPSA) is 96.0 Å². The maximum atomic E-state index is 13.7. The number of carbonyl (C=O) groups excluding carboxylic acids is 4. The lowest BCUT2D eigenvalue weighted by Crippen LogP contribution is -2.56. The van der Waals surface area contributed by atoms with Crippen LogP contribution < -0.4 is 15.1 Å². The van der Waals surface area contributed by atoms with Gasteiger partial charge in [-0.1, -0.05) is 32.0 Å². The van der Waals surface area contributed by atoms with Gasteiger partial charge in [-0.2, -0.15) is 0 Å². The molecule has 1 atom stereocenters. The number of para-hydroxylation sites is 1. The van der Waals surface area contributed by atoms with Crippen LogP contribution in [0.2, 0.25) is 0 Å². The molecule has 0 aromatic heterocycles. The maximum absolute atomic E-state index is 13.7. The van der Waals surface area contributed by atoms with E-state index >= 15 is 0 Å². The number of nitrogens with one attached hydrogen (secondary N) is 1. The Kier molecular flexibility index (Phi) is 7.42. The highest BCUT2D eigenvalue weighted by molar-refractivity contribution is 6.23. The lowest BCUT2D eigenvalue weighted by Gasteiger charge is -2.30. The summed E-state index contributed by atoms with van der Waals surface area (Å²) in [6, 6.07) is 10.3. The number of imide groups is 1. The van der Waals surface area contributed by atoms with Crippen LogP contribution in [-0.2, 0) is 14.4 Å². The van der Waals surface area contributed by atoms with Gasteiger partial charge in [0.05, 0.1) is 24.8 Å². The number of rotatable bonds is 7. The maximum Gasteiger partial charge on any atom is 0.273 e. The fourth-order valence-corrected chi connectivity index (χ4v) is 3.83. The number of halogens is 1. The molecule has 0 spiro atoms. The molecule has 1 aliphatic rings. The first kappa shape index (κ1) is 23.9. The first-order valence-electron chi connectivity index (χ1n) is 10.7. The van der Waals surface area contributed by atoms with Gasteiger partial charge in [-0.15, -0.1) is 0 Å². The average molecular weight is 455 g/mol. The lowest BCUT2D eigenvalue weighted by molar-refractivity contribution is -0.145. The molecule has 33 heavy (non-hydrogen) atoms. The van der Waals surface area contributed by atoms with E-state index in [1.807, 2.05) is 13.8 Å². The summed E-state index contributed by atoms with van der Waals surface area (Å²) in [6.45, 7) is 3.65. The van der Waals surface area contributed by atoms with Crippen LogP contribution in [0.1, 0.15) is 43.5 Å². The van der Waals surface area contributed by atoms with Crippen molar-refractivity contribution in [3.63, 3.8) is 0 Å². The number of hydrogen-bond donors (Lipinski definition) is 1. The molecule has 8 nitrogen and oxygen atoms in total. The Balaban J connectivity index is 1.96. The summed E-state index contributed by atoms with van der Waals surface area (Å²) in [4.78, 5) is 53.1. The van der Waals surface area contributed by atoms with E-state index in [1.54, 1.807) is 18.2 Å². The number of amides is 4. The molecule has 1 aliphatic heterocycles. The molecular formula is C24H26FN3O5. The quantitative estimate of drug-likeness (QED) is 0.511. The number of methoxy groups -OCH3 is 1. The SMILES string of the molecule is CCC(CC)C(=O)N(NC(=O)c1ccccc1OC)C1CC(=O)N(c2cccc(F)c2)C1=O. The predicted octanol–water partition coefficient (Wildman–Crippen LogP) is 3.08. The molecule has 0 bridgehead atoms. The third-order valence-corrected chi connectivity index (χ3v) is 5.65. The molecule has 0 saturated carbocycles. The van der Waals surface area contributed by atoms with E-state index in [2.05, 4.69) is 5.43 Å². The van der Waals surface area contributed by atoms with Crippen LogP contribution in [0.15, 0.2) is 48.5 Å². The summed E-state index contributed by atoms with van der Waals surface area (Å²) in [6.07, 6.45) is 0.630. The van der Waals surface area contributed by atoms with E-state index in [0.29, 0.717) is 18.6 Å². The van der Waals surface area contributed by atoms with E-state index < -0.39 is 41.4 Å². The van der Waals surface area contributed by atoms with Crippen molar-refractivity contribution in [3.05, 3.63) is 59.9 Å². The molecular weight excluding hydrogens is 429 g/mol. The summed E-state index contributed by atoms with van der Waals surface area (Å²) in [5.41, 5.74) is 2.76. The van der Waals surface area contributed by atoms with E-state index in [9.17, 15) is 23.6 Å². The number of nitrogens with zero attached hydrogens (tertiary/aromatic N) is 2. The van der Waals surface area contributed by atoms with Gasteiger partial charge in [0.15, 0.2) is 0 Å². The van der Waals surface area contributed by atoms with Gasteiger partial charge in [-0.05, 0) is 43.2 Å². The Morgan fingerprint density at radius 2 is 1.85 bits per heavy atom. The summed E-state index contributed by atoms with van der Waals surface area (Å²) >= 11 is 0. The molecule has 3 rings (SSSR count). The van der Waals surface area contributed by atoms with Gasteiger partial charge in [-0.3, -0.25) is 24.6 Å². The first-order chi connectivity index (χ1) is 15.8. The van der Waals surface area contributed by atoms with Gasteiger partial charge in [0.1, 0.15) is 17.6 Å². The zero-order valence-corrected chi connectivity index (χ0v) is 18.7. The molecule has 0 radical (unpaired) electrons. The minimum atomic E-state index is -1.26. The molecule has 1 heterocycles. The Labute approximate surface area is 191 Å². The van der Waals surface area contributed by atoms with Crippen LogP contribution in [-0.4, -0.2) is 41.8 Å². The summed E-state index contributed by atoms with van der Waals surface area (Å²) < 4.78 is 18.9. The van der Waals surface area contributed by atoms with Gasteiger partial charge in [0.25, 0.3) is 11.8 Å². The van der Waals surface area contributed by atoms with E-state index in [1.165, 1.54) is 31.4 Å². The second kappa shape index (κ2) is 10.2. The molecule has 1 saturated heterocycles. The third-order valence-electron chi connectivity index (χ3n) is 5.65. The minimum Gasteiger partial charge on any atom is -0.496 e. The third kappa shape index (κ3) is 4.87. The largest absolute Gasteiger partial charge is 0.496 e. The van der Waals surface area contributed by atoms with Gasteiger partial charge in [-0.25, -0.2) is 14.3 Å². The van der Waals surface area contributed by atoms with Crippen molar-refractivity contribution in [1.29, 1.82) is 0 Å². The van der Waals surface area contributed by atoms with Crippen LogP contribution in [0.25, 0.3) is 0 Å². The van der Waals surface area contributed by atoms with Crippen LogP contribution in [0.5, 0.6) is 5.75 Å². The number of anilines is 1. The molecule has 1 unspecified atom stereocenters. The zero-order chi connectivity index (χ0) is 24.1. The van der Waals surface area contributed by atoms with Gasteiger partial charge >= 0.3 is 0 Å². The smallest absolute Gasteiger partial charge is 0.273 e. The van der Waals surface area contributed by atoms with Crippen LogP contribution in [0.3, 0.4) is 0 Å². The predicted molar refractivity (Wildman–Crippen MR) is 119 cm³/mol. The monoisotopic (exact) mass is 455 g/mol. The van der Waals surface area contributed by atoms with Crippen molar-refractivity contribution < 1.29 is 28.3 Å². The minimum absolute atomic E-state index is 0.0680. The van der Waals surface area contributed by atoms with Crippen molar-refractivity contribution in [1.82, 2.24) is 10.4 Å². The Morgan fingerprint density at radius 3 is 2.48 bits per heavy atom. The average Bonchev–Trinajstić information content (AvgIpc) is 3.11. The zero-order valence-electron chi connectivity index (χ0n) is 18.7. The van der Waals surface area contributed by atoms with Crippen molar-refractivity contribution in [2.45, 2.75) is 39.2 Å². The standard InChI is InChI=1S/C24H26FN3O5/c1-4-15(5-2)23(31)28(26-22(30)18-11-6-7-12-20(18)33-3)19-14-21(29)27(24(19)32)17-10-8-9-16(25)13-17/h6-13,15,19H,4-5,14H2,1-3H3,(H,26,30). The first-order valence-corrected chi connectivity index (χ1v) is 10.7. The fraction of sp³-hybridized carbons (Fsp3) is 0.333. The van der Waals surface area contributed by atoms with Crippen molar-refractivity contribution >= 4 is 29.3 Å². The molecule has 174 valence electrons. The van der Waals surface area contributed by atoms with Crippen molar-refractivity contribution in [2.75, 3.05) is 12.0 Å². The number of carbonyl (C=O) groups is 4. The van der Waals surface area contributed by atoms with Gasteiger partial charge < -0.3 is 4.74 Å². The van der Waals surface area contributed by atoms with E-state index in [0.717, 1.165) is 16.0 Å². The highest BCUT2D eigenvalue weighted by Gasteiger charge is 2.46. The van der Waals surface area contributed by atoms with Gasteiger partial charge in [0.2, 0.25) is 11.8 Å². The molecule has 1 fully saturated rings. The van der Waals surface area contributed by atoms with Crippen molar-refractivity contribution in [3.8, 4) is 5.75 Å². The summed E-state index contributed by atoms with van der Waals surface area (Å²) in [5.74, 6) is -3.22. The highest BCUT2D eigenvalue weighted by atomic mass is 19.1. The molecule has 2 aromatic rings. The molecule has 1 N–H and O–H groups in total. The van der Waals surface area contributed by atoms with Crippen molar-refractivity contribution in [2.24, 2.45) is 5.92 Å². The summed E-state index contributed by atoms with van der Waals surface area (Å²) in [5, 5.41) is 0.950. The number of hydrazine groups is 1. The normalized spacial score (nSPS) is 15.7. The Morgan fingerprint density at radius 1 is 1.15 bits per heavy atom. The molecule has 2 aromatic carbocycles. The Hall–Kier alpha value is -3.75. The summed E-state index contributed by atoms with van der Waals surface area (Å²) in [7, 11) is 1.41. The van der Waals surface area contributed by atoms with E-state index in [-0.39, 0.29) is 17.7 Å². The second-order valence-electron chi connectivity index (χ2n) is 7.63. The lowest BCUT2D eigenvalue weighted by atomic mass is 10.0. The molecule has 9 heteroatoms. The fourth-order valence-electron chi connectivity index (χ4n) is 3.83.